The average Bonchev–Trinajstić information content (AvgIpc) is 2.47. The van der Waals surface area contributed by atoms with Crippen LogP contribution in [-0.2, 0) is 0 Å². The van der Waals surface area contributed by atoms with Crippen LogP contribution in [0.4, 0.5) is 0 Å². The summed E-state index contributed by atoms with van der Waals surface area (Å²) in [6.07, 6.45) is 6.43. The van der Waals surface area contributed by atoms with Crippen molar-refractivity contribution < 1.29 is 0 Å². The molecule has 1 aromatic carbocycles. The normalized spacial score (nSPS) is 15.7. The molecule has 106 valence electrons. The minimum absolute atomic E-state index is 0.331. The van der Waals surface area contributed by atoms with Gasteiger partial charge in [-0.3, -0.25) is 11.3 Å². The van der Waals surface area contributed by atoms with E-state index in [1.165, 1.54) is 12.0 Å². The molecule has 0 saturated heterocycles. The van der Waals surface area contributed by atoms with Crippen LogP contribution >= 0.6 is 0 Å². The Bertz CT molecular complexity index is 348. The highest BCUT2D eigenvalue weighted by atomic mass is 15.2. The summed E-state index contributed by atoms with van der Waals surface area (Å²) in [4.78, 5) is 0. The third-order valence-corrected chi connectivity index (χ3v) is 4.01. The topological polar surface area (TPSA) is 38.0 Å². The molecule has 0 amide bonds. The molecule has 2 nitrogen and oxygen atoms in total. The van der Waals surface area contributed by atoms with Gasteiger partial charge >= 0.3 is 0 Å². The lowest BCUT2D eigenvalue weighted by molar-refractivity contribution is 0.319. The van der Waals surface area contributed by atoms with E-state index in [0.29, 0.717) is 17.9 Å². The second-order valence-electron chi connectivity index (χ2n) is 5.31. The Balaban J connectivity index is 2.85. The van der Waals surface area contributed by atoms with Gasteiger partial charge in [-0.1, -0.05) is 56.7 Å². The minimum atomic E-state index is 0.331. The highest BCUT2D eigenvalue weighted by Crippen LogP contribution is 2.32. The van der Waals surface area contributed by atoms with Gasteiger partial charge in [0.25, 0.3) is 0 Å². The quantitative estimate of drug-likeness (QED) is 0.305. The van der Waals surface area contributed by atoms with Crippen LogP contribution in [0.25, 0.3) is 0 Å². The second-order valence-corrected chi connectivity index (χ2v) is 5.31. The van der Waals surface area contributed by atoms with E-state index in [9.17, 15) is 0 Å². The maximum atomic E-state index is 5.81. The predicted octanol–water partition coefficient (Wildman–Crippen LogP) is 4.00. The molecule has 0 radical (unpaired) electrons. The summed E-state index contributed by atoms with van der Waals surface area (Å²) in [5, 5.41) is 0. The van der Waals surface area contributed by atoms with Crippen molar-refractivity contribution >= 4 is 0 Å². The lowest BCUT2D eigenvalue weighted by Crippen LogP contribution is -2.42. The predicted molar refractivity (Wildman–Crippen MR) is 83.8 cm³/mol. The molecule has 19 heavy (non-hydrogen) atoms. The Morgan fingerprint density at radius 2 is 2.00 bits per heavy atom. The molecule has 3 unspecified atom stereocenters. The Kier molecular flexibility index (Phi) is 7.46. The first-order valence-corrected chi connectivity index (χ1v) is 7.36. The van der Waals surface area contributed by atoms with Gasteiger partial charge in [0.1, 0.15) is 0 Å². The van der Waals surface area contributed by atoms with Gasteiger partial charge in [-0.2, -0.15) is 0 Å². The summed E-state index contributed by atoms with van der Waals surface area (Å²) in [6, 6.07) is 11.1. The van der Waals surface area contributed by atoms with Crippen molar-refractivity contribution in [2.75, 3.05) is 0 Å². The van der Waals surface area contributed by atoms with E-state index in [0.717, 1.165) is 19.3 Å². The number of nitrogens with one attached hydrogen (secondary N) is 1. The third-order valence-electron chi connectivity index (χ3n) is 4.01. The number of hydrogen-bond acceptors (Lipinski definition) is 2. The Morgan fingerprint density at radius 1 is 1.32 bits per heavy atom. The summed E-state index contributed by atoms with van der Waals surface area (Å²) in [5.74, 6) is 6.90. The molecule has 2 heteroatoms. The van der Waals surface area contributed by atoms with E-state index >= 15 is 0 Å². The molecule has 1 aromatic rings. The van der Waals surface area contributed by atoms with Crippen molar-refractivity contribution in [1.29, 1.82) is 0 Å². The minimum Gasteiger partial charge on any atom is -0.271 e. The largest absolute Gasteiger partial charge is 0.271 e. The fourth-order valence-electron chi connectivity index (χ4n) is 2.74. The van der Waals surface area contributed by atoms with Crippen molar-refractivity contribution in [2.45, 2.75) is 51.5 Å². The van der Waals surface area contributed by atoms with Gasteiger partial charge in [-0.25, -0.2) is 0 Å². The standard InChI is InChI=1S/C17H28N2/c1-4-6-8-13-16(19-18)17(14(3)5-2)15-11-9-7-10-12-15/h4,7,9-12,14,16-17,19H,1,5-6,8,13,18H2,2-3H3. The molecule has 0 aliphatic carbocycles. The maximum absolute atomic E-state index is 5.81. The van der Waals surface area contributed by atoms with Crippen LogP contribution in [-0.4, -0.2) is 6.04 Å². The number of hydrazine groups is 1. The van der Waals surface area contributed by atoms with Gasteiger partial charge < -0.3 is 0 Å². The highest BCUT2D eigenvalue weighted by Gasteiger charge is 2.26. The highest BCUT2D eigenvalue weighted by molar-refractivity contribution is 5.22. The van der Waals surface area contributed by atoms with Crippen LogP contribution in [0.2, 0.25) is 0 Å². The number of unbranched alkanes of at least 4 members (excludes halogenated alkanes) is 1. The molecule has 0 aliphatic heterocycles. The van der Waals surface area contributed by atoms with Crippen LogP contribution in [0.15, 0.2) is 43.0 Å². The van der Waals surface area contributed by atoms with Crippen LogP contribution < -0.4 is 11.3 Å². The number of nitrogens with two attached hydrogens (primary N) is 1. The van der Waals surface area contributed by atoms with Crippen LogP contribution in [0, 0.1) is 5.92 Å². The molecule has 0 aliphatic rings. The van der Waals surface area contributed by atoms with Crippen LogP contribution in [0.1, 0.15) is 51.0 Å². The zero-order valence-electron chi connectivity index (χ0n) is 12.3. The lowest BCUT2D eigenvalue weighted by atomic mass is 9.78. The molecule has 1 rings (SSSR count). The molecule has 3 atom stereocenters. The molecule has 0 spiro atoms. The smallest absolute Gasteiger partial charge is 0.0281 e. The summed E-state index contributed by atoms with van der Waals surface area (Å²) >= 11 is 0. The molecule has 0 fully saturated rings. The van der Waals surface area contributed by atoms with E-state index in [1.807, 2.05) is 6.08 Å². The van der Waals surface area contributed by atoms with Gasteiger partial charge in [0.15, 0.2) is 0 Å². The van der Waals surface area contributed by atoms with Crippen molar-refractivity contribution in [3.63, 3.8) is 0 Å². The monoisotopic (exact) mass is 260 g/mol. The Morgan fingerprint density at radius 3 is 2.53 bits per heavy atom. The van der Waals surface area contributed by atoms with Gasteiger partial charge in [-0.05, 0) is 30.7 Å². The van der Waals surface area contributed by atoms with Crippen molar-refractivity contribution in [1.82, 2.24) is 5.43 Å². The average molecular weight is 260 g/mol. The van der Waals surface area contributed by atoms with E-state index in [1.54, 1.807) is 0 Å². The first kappa shape index (κ1) is 15.9. The first-order chi connectivity index (χ1) is 9.24. The van der Waals surface area contributed by atoms with E-state index < -0.39 is 0 Å². The van der Waals surface area contributed by atoms with E-state index in [-0.39, 0.29) is 0 Å². The number of hydrogen-bond donors (Lipinski definition) is 2. The van der Waals surface area contributed by atoms with Gasteiger partial charge in [0, 0.05) is 12.0 Å². The molecular formula is C17H28N2. The van der Waals surface area contributed by atoms with Gasteiger partial charge in [-0.15, -0.1) is 6.58 Å². The number of benzene rings is 1. The summed E-state index contributed by atoms with van der Waals surface area (Å²) in [6.45, 7) is 8.35. The summed E-state index contributed by atoms with van der Waals surface area (Å²) < 4.78 is 0. The molecule has 0 bridgehead atoms. The van der Waals surface area contributed by atoms with E-state index in [2.05, 4.69) is 56.2 Å². The fourth-order valence-corrected chi connectivity index (χ4v) is 2.74. The van der Waals surface area contributed by atoms with Crippen molar-refractivity contribution in [3.05, 3.63) is 48.6 Å². The van der Waals surface area contributed by atoms with Gasteiger partial charge in [0.2, 0.25) is 0 Å². The second kappa shape index (κ2) is 8.89. The molecule has 0 heterocycles. The third kappa shape index (κ3) is 4.81. The van der Waals surface area contributed by atoms with Crippen LogP contribution in [0.3, 0.4) is 0 Å². The molecule has 0 aromatic heterocycles. The maximum Gasteiger partial charge on any atom is 0.0281 e. The van der Waals surface area contributed by atoms with Crippen molar-refractivity contribution in [3.8, 4) is 0 Å². The lowest BCUT2D eigenvalue weighted by Gasteiger charge is -2.31. The Labute approximate surface area is 118 Å². The first-order valence-electron chi connectivity index (χ1n) is 7.36. The van der Waals surface area contributed by atoms with E-state index in [4.69, 9.17) is 5.84 Å². The van der Waals surface area contributed by atoms with Gasteiger partial charge in [0.05, 0.1) is 0 Å². The number of allylic oxidation sites excluding steroid dienone is 1. The number of rotatable bonds is 9. The zero-order valence-corrected chi connectivity index (χ0v) is 12.3. The Hall–Kier alpha value is -1.12. The molecular weight excluding hydrogens is 232 g/mol. The summed E-state index contributed by atoms with van der Waals surface area (Å²) in [5.41, 5.74) is 4.43. The zero-order chi connectivity index (χ0) is 14.1. The summed E-state index contributed by atoms with van der Waals surface area (Å²) in [7, 11) is 0. The SMILES string of the molecule is C=CCCCC(NN)C(c1ccccc1)C(C)CC. The van der Waals surface area contributed by atoms with Crippen molar-refractivity contribution in [2.24, 2.45) is 11.8 Å². The fraction of sp³-hybridized carbons (Fsp3) is 0.529. The molecule has 3 N–H and O–H groups in total. The van der Waals surface area contributed by atoms with Crippen LogP contribution in [0.5, 0.6) is 0 Å². The molecule has 0 saturated carbocycles.